The molecule has 1 unspecified atom stereocenters. The standard InChI is InChI=1S/C9H15BrO2/c1-8(11)5-6-9(12-2)4-3-7-10/h3,5-9,11H,4H2,1-2H3/b6-5+,7-3+/t8?,9-/m1/s1. The van der Waals surface area contributed by atoms with Crippen molar-refractivity contribution >= 4 is 15.9 Å². The van der Waals surface area contributed by atoms with Crippen LogP contribution in [0.2, 0.25) is 0 Å². The first kappa shape index (κ1) is 11.9. The average Bonchev–Trinajstić information content (AvgIpc) is 2.05. The number of rotatable bonds is 5. The molecule has 2 atom stereocenters. The minimum atomic E-state index is -0.407. The first-order valence-corrected chi connectivity index (χ1v) is 4.76. The predicted molar refractivity (Wildman–Crippen MR) is 54.3 cm³/mol. The van der Waals surface area contributed by atoms with Crippen molar-refractivity contribution in [2.45, 2.75) is 25.6 Å². The highest BCUT2D eigenvalue weighted by atomic mass is 79.9. The van der Waals surface area contributed by atoms with Gasteiger partial charge in [-0.15, -0.1) is 0 Å². The number of halogens is 1. The van der Waals surface area contributed by atoms with E-state index in [0.717, 1.165) is 6.42 Å². The molecule has 2 nitrogen and oxygen atoms in total. The summed E-state index contributed by atoms with van der Waals surface area (Å²) in [4.78, 5) is 1.80. The summed E-state index contributed by atoms with van der Waals surface area (Å²) in [7, 11) is 1.65. The molecule has 0 aromatic carbocycles. The molecule has 0 aromatic rings. The molecule has 0 saturated carbocycles. The van der Waals surface area contributed by atoms with Gasteiger partial charge in [0.2, 0.25) is 0 Å². The average molecular weight is 235 g/mol. The fourth-order valence-electron chi connectivity index (χ4n) is 0.724. The quantitative estimate of drug-likeness (QED) is 0.740. The van der Waals surface area contributed by atoms with Crippen molar-refractivity contribution in [3.8, 4) is 0 Å². The minimum Gasteiger partial charge on any atom is -0.389 e. The molecule has 0 saturated heterocycles. The van der Waals surface area contributed by atoms with Gasteiger partial charge in [0.25, 0.3) is 0 Å². The number of hydrogen-bond donors (Lipinski definition) is 1. The number of aliphatic hydroxyl groups is 1. The van der Waals surface area contributed by atoms with Crippen LogP contribution < -0.4 is 0 Å². The molecule has 0 amide bonds. The second kappa shape index (κ2) is 7.53. The SMILES string of the molecule is CO[C@@H](/C=C/C(C)O)C/C=C/Br. The first-order valence-electron chi connectivity index (χ1n) is 3.85. The van der Waals surface area contributed by atoms with Gasteiger partial charge in [-0.2, -0.15) is 0 Å². The van der Waals surface area contributed by atoms with Crippen LogP contribution in [0.1, 0.15) is 13.3 Å². The highest BCUT2D eigenvalue weighted by Gasteiger charge is 1.99. The lowest BCUT2D eigenvalue weighted by molar-refractivity contribution is 0.142. The Bertz CT molecular complexity index is 153. The van der Waals surface area contributed by atoms with Crippen LogP contribution in [0.15, 0.2) is 23.2 Å². The molecule has 0 rings (SSSR count). The lowest BCUT2D eigenvalue weighted by Crippen LogP contribution is -2.06. The molecule has 0 spiro atoms. The predicted octanol–water partition coefficient (Wildman–Crippen LogP) is 2.24. The van der Waals surface area contributed by atoms with Gasteiger partial charge >= 0.3 is 0 Å². The van der Waals surface area contributed by atoms with Gasteiger partial charge in [-0.1, -0.05) is 34.2 Å². The van der Waals surface area contributed by atoms with E-state index in [2.05, 4.69) is 15.9 Å². The monoisotopic (exact) mass is 234 g/mol. The van der Waals surface area contributed by atoms with E-state index in [-0.39, 0.29) is 6.10 Å². The molecule has 0 aliphatic carbocycles. The molecule has 12 heavy (non-hydrogen) atoms. The first-order chi connectivity index (χ1) is 5.70. The molecule has 0 radical (unpaired) electrons. The van der Waals surface area contributed by atoms with Gasteiger partial charge in [0.1, 0.15) is 0 Å². The van der Waals surface area contributed by atoms with Crippen molar-refractivity contribution in [2.75, 3.05) is 7.11 Å². The van der Waals surface area contributed by atoms with Gasteiger partial charge in [0.05, 0.1) is 12.2 Å². The Labute approximate surface area is 82.1 Å². The molecule has 3 heteroatoms. The van der Waals surface area contributed by atoms with Gasteiger partial charge in [0.15, 0.2) is 0 Å². The highest BCUT2D eigenvalue weighted by molar-refractivity contribution is 9.11. The Kier molecular flexibility index (Phi) is 7.45. The van der Waals surface area contributed by atoms with Crippen molar-refractivity contribution in [3.63, 3.8) is 0 Å². The minimum absolute atomic E-state index is 0.0494. The summed E-state index contributed by atoms with van der Waals surface area (Å²) in [5.41, 5.74) is 0. The van der Waals surface area contributed by atoms with E-state index < -0.39 is 6.10 Å². The molecule has 0 fully saturated rings. The summed E-state index contributed by atoms with van der Waals surface area (Å²) >= 11 is 3.18. The van der Waals surface area contributed by atoms with Crippen molar-refractivity contribution in [1.82, 2.24) is 0 Å². The summed E-state index contributed by atoms with van der Waals surface area (Å²) in [6.45, 7) is 1.71. The van der Waals surface area contributed by atoms with E-state index in [1.54, 1.807) is 25.1 Å². The Hall–Kier alpha value is -0.120. The second-order valence-electron chi connectivity index (χ2n) is 2.50. The van der Waals surface area contributed by atoms with E-state index in [1.807, 2.05) is 12.2 Å². The van der Waals surface area contributed by atoms with Crippen LogP contribution >= 0.6 is 15.9 Å². The molecule has 70 valence electrons. The van der Waals surface area contributed by atoms with Gasteiger partial charge in [-0.3, -0.25) is 0 Å². The number of hydrogen-bond acceptors (Lipinski definition) is 2. The largest absolute Gasteiger partial charge is 0.389 e. The lowest BCUT2D eigenvalue weighted by Gasteiger charge is -2.07. The Morgan fingerprint density at radius 3 is 2.58 bits per heavy atom. The summed E-state index contributed by atoms with van der Waals surface area (Å²) < 4.78 is 5.13. The van der Waals surface area contributed by atoms with Gasteiger partial charge in [-0.05, 0) is 18.3 Å². The van der Waals surface area contributed by atoms with Gasteiger partial charge in [-0.25, -0.2) is 0 Å². The van der Waals surface area contributed by atoms with Gasteiger partial charge in [0, 0.05) is 7.11 Å². The van der Waals surface area contributed by atoms with Crippen LogP contribution in [0, 0.1) is 0 Å². The smallest absolute Gasteiger partial charge is 0.0787 e. The maximum atomic E-state index is 8.95. The topological polar surface area (TPSA) is 29.5 Å². The van der Waals surface area contributed by atoms with E-state index in [1.165, 1.54) is 0 Å². The van der Waals surface area contributed by atoms with Crippen LogP contribution in [0.3, 0.4) is 0 Å². The van der Waals surface area contributed by atoms with Crippen LogP contribution in [0.25, 0.3) is 0 Å². The third-order valence-corrected chi connectivity index (χ3v) is 1.74. The number of ether oxygens (including phenoxy) is 1. The normalized spacial score (nSPS) is 17.3. The van der Waals surface area contributed by atoms with E-state index in [9.17, 15) is 0 Å². The summed E-state index contributed by atoms with van der Waals surface area (Å²) in [5, 5.41) is 8.95. The van der Waals surface area contributed by atoms with Crippen LogP contribution in [-0.2, 0) is 4.74 Å². The Morgan fingerprint density at radius 1 is 1.50 bits per heavy atom. The van der Waals surface area contributed by atoms with Crippen LogP contribution in [0.5, 0.6) is 0 Å². The molecule has 0 aliphatic rings. The molecular formula is C9H15BrO2. The van der Waals surface area contributed by atoms with Gasteiger partial charge < -0.3 is 9.84 Å². The Morgan fingerprint density at radius 2 is 2.17 bits per heavy atom. The maximum absolute atomic E-state index is 8.95. The molecular weight excluding hydrogens is 220 g/mol. The molecule has 0 aromatic heterocycles. The van der Waals surface area contributed by atoms with Crippen LogP contribution in [-0.4, -0.2) is 24.4 Å². The van der Waals surface area contributed by atoms with Crippen molar-refractivity contribution < 1.29 is 9.84 Å². The zero-order valence-corrected chi connectivity index (χ0v) is 8.99. The molecule has 0 bridgehead atoms. The Balaban J connectivity index is 3.81. The third-order valence-electron chi connectivity index (χ3n) is 1.36. The number of methoxy groups -OCH3 is 1. The van der Waals surface area contributed by atoms with E-state index in [0.29, 0.717) is 0 Å². The van der Waals surface area contributed by atoms with E-state index >= 15 is 0 Å². The fraction of sp³-hybridized carbons (Fsp3) is 0.556. The zero-order chi connectivity index (χ0) is 9.40. The van der Waals surface area contributed by atoms with Crippen molar-refractivity contribution in [1.29, 1.82) is 0 Å². The van der Waals surface area contributed by atoms with Crippen molar-refractivity contribution in [2.24, 2.45) is 0 Å². The third kappa shape index (κ3) is 6.58. The zero-order valence-electron chi connectivity index (χ0n) is 7.40. The second-order valence-corrected chi connectivity index (χ2v) is 3.03. The van der Waals surface area contributed by atoms with E-state index in [4.69, 9.17) is 9.84 Å². The van der Waals surface area contributed by atoms with Crippen molar-refractivity contribution in [3.05, 3.63) is 23.2 Å². The summed E-state index contributed by atoms with van der Waals surface area (Å²) in [5.74, 6) is 0. The molecule has 0 aliphatic heterocycles. The molecule has 1 N–H and O–H groups in total. The summed E-state index contributed by atoms with van der Waals surface area (Å²) in [6.07, 6.45) is 5.99. The lowest BCUT2D eigenvalue weighted by atomic mass is 10.2. The summed E-state index contributed by atoms with van der Waals surface area (Å²) in [6, 6.07) is 0. The maximum Gasteiger partial charge on any atom is 0.0787 e. The molecule has 0 heterocycles. The highest BCUT2D eigenvalue weighted by Crippen LogP contribution is 2.02. The fourth-order valence-corrected chi connectivity index (χ4v) is 0.939. The van der Waals surface area contributed by atoms with Crippen LogP contribution in [0.4, 0.5) is 0 Å². The number of aliphatic hydroxyl groups excluding tert-OH is 1.